The molecule has 0 fully saturated rings. The van der Waals surface area contributed by atoms with E-state index in [1.54, 1.807) is 0 Å². The summed E-state index contributed by atoms with van der Waals surface area (Å²) < 4.78 is 0. The third kappa shape index (κ3) is 1.32. The lowest BCUT2D eigenvalue weighted by molar-refractivity contribution is 1.47. The van der Waals surface area contributed by atoms with Crippen LogP contribution in [-0.2, 0) is 0 Å². The summed E-state index contributed by atoms with van der Waals surface area (Å²) in [5.74, 6) is 0. The molecular formula is C18H11. The third-order valence-corrected chi connectivity index (χ3v) is 3.52. The fourth-order valence-corrected chi connectivity index (χ4v) is 2.60. The molecule has 0 saturated heterocycles. The zero-order valence-electron chi connectivity index (χ0n) is 9.85. The van der Waals surface area contributed by atoms with Gasteiger partial charge in [-0.3, -0.25) is 0 Å². The van der Waals surface area contributed by atoms with Crippen LogP contribution in [0.2, 0.25) is 0 Å². The molecule has 0 nitrogen and oxygen atoms in total. The highest BCUT2D eigenvalue weighted by Gasteiger charge is 2.12. The molecule has 0 saturated carbocycles. The second-order valence-electron chi connectivity index (χ2n) is 4.62. The van der Waals surface area contributed by atoms with Gasteiger partial charge in [0.1, 0.15) is 0 Å². The Kier molecular flexibility index (Phi) is 1.92. The highest BCUT2D eigenvalue weighted by atomic mass is 14.2. The molecule has 2 aliphatic carbocycles. The molecule has 2 aromatic rings. The number of benzene rings is 2. The number of hydrogen-bond donors (Lipinski definition) is 0. The Labute approximate surface area is 106 Å². The van der Waals surface area contributed by atoms with Crippen molar-refractivity contribution in [1.82, 2.24) is 0 Å². The Hall–Kier alpha value is -2.34. The van der Waals surface area contributed by atoms with Gasteiger partial charge in [0.25, 0.3) is 0 Å². The smallest absolute Gasteiger partial charge is 0.00921 e. The first-order valence-corrected chi connectivity index (χ1v) is 6.14. The van der Waals surface area contributed by atoms with Crippen LogP contribution in [0.25, 0.3) is 23.8 Å². The van der Waals surface area contributed by atoms with Crippen molar-refractivity contribution in [3.63, 3.8) is 0 Å². The van der Waals surface area contributed by atoms with Gasteiger partial charge in [-0.05, 0) is 57.0 Å². The summed E-state index contributed by atoms with van der Waals surface area (Å²) in [5.41, 5.74) is 5.12. The van der Waals surface area contributed by atoms with E-state index in [1.165, 1.54) is 32.7 Å². The van der Waals surface area contributed by atoms with Crippen molar-refractivity contribution < 1.29 is 0 Å². The predicted octanol–water partition coefficient (Wildman–Crippen LogP) is 2.60. The second kappa shape index (κ2) is 3.58. The molecule has 18 heavy (non-hydrogen) atoms. The Morgan fingerprint density at radius 2 is 1.83 bits per heavy atom. The van der Waals surface area contributed by atoms with Crippen molar-refractivity contribution in [1.29, 1.82) is 0 Å². The molecule has 0 aromatic heterocycles. The zero-order chi connectivity index (χ0) is 11.9. The molecule has 0 heteroatoms. The molecule has 0 heterocycles. The molecule has 2 aliphatic rings. The molecular weight excluding hydrogens is 216 g/mol. The molecule has 0 amide bonds. The Morgan fingerprint density at radius 3 is 2.72 bits per heavy atom. The third-order valence-electron chi connectivity index (χ3n) is 3.52. The lowest BCUT2D eigenvalue weighted by atomic mass is 9.98. The van der Waals surface area contributed by atoms with Gasteiger partial charge >= 0.3 is 0 Å². The quantitative estimate of drug-likeness (QED) is 0.702. The second-order valence-corrected chi connectivity index (χ2v) is 4.62. The monoisotopic (exact) mass is 227 g/mol. The van der Waals surface area contributed by atoms with Gasteiger partial charge < -0.3 is 0 Å². The van der Waals surface area contributed by atoms with E-state index in [4.69, 9.17) is 0 Å². The SMILES string of the molecule is [C]1=c2cc3c(cc2C(c2ccccc2)=C1)=CC=C3. The number of fused-ring (bicyclic) bond motifs is 2. The van der Waals surface area contributed by atoms with Gasteiger partial charge in [0.05, 0.1) is 0 Å². The summed E-state index contributed by atoms with van der Waals surface area (Å²) in [6, 6.07) is 15.0. The lowest BCUT2D eigenvalue weighted by Gasteiger charge is -2.05. The largest absolute Gasteiger partial charge is 0.0622 e. The Bertz CT molecular complexity index is 803. The van der Waals surface area contributed by atoms with E-state index in [-0.39, 0.29) is 0 Å². The van der Waals surface area contributed by atoms with Gasteiger partial charge in [-0.2, -0.15) is 0 Å². The average molecular weight is 227 g/mol. The van der Waals surface area contributed by atoms with E-state index in [0.717, 1.165) is 0 Å². The summed E-state index contributed by atoms with van der Waals surface area (Å²) in [6.07, 6.45) is 11.9. The topological polar surface area (TPSA) is 0 Å². The maximum atomic E-state index is 3.37. The van der Waals surface area contributed by atoms with Gasteiger partial charge in [-0.1, -0.05) is 48.6 Å². The van der Waals surface area contributed by atoms with E-state index in [1.807, 2.05) is 6.07 Å². The van der Waals surface area contributed by atoms with Crippen LogP contribution in [0.5, 0.6) is 0 Å². The fourth-order valence-electron chi connectivity index (χ4n) is 2.60. The molecule has 0 unspecified atom stereocenters. The van der Waals surface area contributed by atoms with Crippen LogP contribution >= 0.6 is 0 Å². The minimum Gasteiger partial charge on any atom is -0.0622 e. The van der Waals surface area contributed by atoms with E-state index in [9.17, 15) is 0 Å². The van der Waals surface area contributed by atoms with Crippen LogP contribution in [0.15, 0.2) is 54.6 Å². The van der Waals surface area contributed by atoms with Gasteiger partial charge in [0, 0.05) is 0 Å². The number of hydrogen-bond acceptors (Lipinski definition) is 0. The van der Waals surface area contributed by atoms with Crippen LogP contribution in [0.4, 0.5) is 0 Å². The highest BCUT2D eigenvalue weighted by molar-refractivity contribution is 5.88. The first kappa shape index (κ1) is 9.67. The Morgan fingerprint density at radius 1 is 0.944 bits per heavy atom. The molecule has 0 N–H and O–H groups in total. The van der Waals surface area contributed by atoms with E-state index in [2.05, 4.69) is 66.8 Å². The van der Waals surface area contributed by atoms with Crippen LogP contribution in [-0.4, -0.2) is 0 Å². The van der Waals surface area contributed by atoms with E-state index in [0.29, 0.717) is 0 Å². The number of rotatable bonds is 1. The summed E-state index contributed by atoms with van der Waals surface area (Å²) in [4.78, 5) is 0. The summed E-state index contributed by atoms with van der Waals surface area (Å²) in [6.45, 7) is 0. The summed E-state index contributed by atoms with van der Waals surface area (Å²) >= 11 is 0. The summed E-state index contributed by atoms with van der Waals surface area (Å²) in [7, 11) is 0. The van der Waals surface area contributed by atoms with Gasteiger partial charge in [-0.15, -0.1) is 0 Å². The maximum Gasteiger partial charge on any atom is -0.00921 e. The average Bonchev–Trinajstić information content (AvgIpc) is 3.02. The van der Waals surface area contributed by atoms with Crippen molar-refractivity contribution in [2.24, 2.45) is 0 Å². The molecule has 2 aromatic carbocycles. The van der Waals surface area contributed by atoms with Gasteiger partial charge in [-0.25, -0.2) is 0 Å². The highest BCUT2D eigenvalue weighted by Crippen LogP contribution is 2.23. The fraction of sp³-hybridized carbons (Fsp3) is 0. The normalized spacial score (nSPS) is 14.6. The van der Waals surface area contributed by atoms with Crippen LogP contribution in [0, 0.1) is 0 Å². The van der Waals surface area contributed by atoms with Crippen molar-refractivity contribution in [3.8, 4) is 0 Å². The first-order chi connectivity index (χ1) is 8.92. The Balaban J connectivity index is 1.93. The van der Waals surface area contributed by atoms with Crippen LogP contribution in [0.3, 0.4) is 0 Å². The van der Waals surface area contributed by atoms with Crippen molar-refractivity contribution >= 4 is 23.8 Å². The molecule has 0 spiro atoms. The molecule has 4 rings (SSSR count). The van der Waals surface area contributed by atoms with Crippen molar-refractivity contribution in [3.05, 3.63) is 81.7 Å². The first-order valence-electron chi connectivity index (χ1n) is 6.14. The van der Waals surface area contributed by atoms with Crippen molar-refractivity contribution in [2.45, 2.75) is 0 Å². The van der Waals surface area contributed by atoms with Gasteiger partial charge in [0.15, 0.2) is 0 Å². The molecule has 83 valence electrons. The minimum atomic E-state index is 1.20. The number of allylic oxidation sites excluding steroid dienone is 2. The van der Waals surface area contributed by atoms with E-state index >= 15 is 0 Å². The lowest BCUT2D eigenvalue weighted by Crippen LogP contribution is -2.14. The molecule has 0 bridgehead atoms. The molecule has 1 radical (unpaired) electrons. The van der Waals surface area contributed by atoms with Crippen LogP contribution < -0.4 is 10.4 Å². The molecule has 0 atom stereocenters. The van der Waals surface area contributed by atoms with Crippen molar-refractivity contribution in [2.75, 3.05) is 0 Å². The minimum absolute atomic E-state index is 1.20. The standard InChI is InChI=1S/C18H11/c1-2-5-13(6-3-1)17-10-9-16-11-14-7-4-8-15(14)12-18(16)17/h1-8,10-12H. The molecule has 0 aliphatic heterocycles. The summed E-state index contributed by atoms with van der Waals surface area (Å²) in [5, 5.41) is 2.51. The maximum absolute atomic E-state index is 3.37. The van der Waals surface area contributed by atoms with Gasteiger partial charge in [0.2, 0.25) is 0 Å². The zero-order valence-corrected chi connectivity index (χ0v) is 9.85. The van der Waals surface area contributed by atoms with Crippen LogP contribution in [0.1, 0.15) is 16.7 Å². The predicted molar refractivity (Wildman–Crippen MR) is 76.1 cm³/mol. The van der Waals surface area contributed by atoms with E-state index < -0.39 is 0 Å².